The summed E-state index contributed by atoms with van der Waals surface area (Å²) in [5.41, 5.74) is 0.698. The molecular weight excluding hydrogens is 370 g/mol. The average molecular weight is 386 g/mol. The van der Waals surface area contributed by atoms with E-state index in [2.05, 4.69) is 10.4 Å². The van der Waals surface area contributed by atoms with Crippen LogP contribution in [0.1, 0.15) is 17.8 Å². The number of amides is 1. The summed E-state index contributed by atoms with van der Waals surface area (Å²) in [6.45, 7) is 0.860. The minimum absolute atomic E-state index is 0.102. The maximum atomic E-state index is 13.0. The molecule has 0 aliphatic heterocycles. The molecule has 0 atom stereocenters. The van der Waals surface area contributed by atoms with Gasteiger partial charge < -0.3 is 5.32 Å². The Balaban J connectivity index is 1.72. The van der Waals surface area contributed by atoms with Crippen molar-refractivity contribution in [3.8, 4) is 11.1 Å². The predicted molar refractivity (Wildman–Crippen MR) is 99.1 cm³/mol. The molecule has 28 heavy (non-hydrogen) atoms. The van der Waals surface area contributed by atoms with E-state index in [0.717, 1.165) is 15.8 Å². The summed E-state index contributed by atoms with van der Waals surface area (Å²) in [4.78, 5) is 22.3. The van der Waals surface area contributed by atoms with E-state index in [1.807, 2.05) is 42.5 Å². The molecule has 9 heteroatoms. The molecule has 7 nitrogen and oxygen atoms in total. The van der Waals surface area contributed by atoms with Crippen LogP contribution in [0.25, 0.3) is 11.1 Å². The summed E-state index contributed by atoms with van der Waals surface area (Å²) in [5, 5.41) is 17.2. The van der Waals surface area contributed by atoms with Gasteiger partial charge in [-0.2, -0.15) is 5.10 Å². The van der Waals surface area contributed by atoms with Gasteiger partial charge in [0.15, 0.2) is 0 Å². The van der Waals surface area contributed by atoms with Crippen LogP contribution in [-0.4, -0.2) is 20.6 Å². The molecule has 1 aromatic heterocycles. The molecule has 0 aliphatic rings. The first-order valence-electron chi connectivity index (χ1n) is 8.32. The van der Waals surface area contributed by atoms with E-state index < -0.39 is 35.2 Å². The molecule has 0 aliphatic carbocycles. The van der Waals surface area contributed by atoms with E-state index in [-0.39, 0.29) is 5.69 Å². The molecule has 1 N–H and O–H groups in total. The molecule has 0 spiro atoms. The zero-order valence-electron chi connectivity index (χ0n) is 14.8. The highest BCUT2D eigenvalue weighted by Gasteiger charge is 2.31. The van der Waals surface area contributed by atoms with Gasteiger partial charge >= 0.3 is 5.69 Å². The number of rotatable bonds is 6. The van der Waals surface area contributed by atoms with Gasteiger partial charge in [0.1, 0.15) is 12.2 Å². The number of carbonyl (C=O) groups is 1. The number of hydrogen-bond acceptors (Lipinski definition) is 4. The van der Waals surface area contributed by atoms with Crippen molar-refractivity contribution in [2.75, 3.05) is 5.32 Å². The first kappa shape index (κ1) is 19.2. The first-order chi connectivity index (χ1) is 13.4. The van der Waals surface area contributed by atoms with Crippen LogP contribution in [0.4, 0.5) is 20.2 Å². The molecule has 0 bridgehead atoms. The Morgan fingerprint density at radius 3 is 2.29 bits per heavy atom. The van der Waals surface area contributed by atoms with Crippen LogP contribution in [0.3, 0.4) is 0 Å². The molecule has 0 radical (unpaired) electrons. The fraction of sp³-hybridized carbons (Fsp3) is 0.158. The number of benzene rings is 2. The van der Waals surface area contributed by atoms with Crippen LogP contribution < -0.4 is 5.32 Å². The topological polar surface area (TPSA) is 90.1 Å². The van der Waals surface area contributed by atoms with Gasteiger partial charge in [0.25, 0.3) is 6.43 Å². The van der Waals surface area contributed by atoms with Gasteiger partial charge in [-0.3, -0.25) is 19.6 Å². The van der Waals surface area contributed by atoms with E-state index in [0.29, 0.717) is 5.69 Å². The number of alkyl halides is 2. The Bertz CT molecular complexity index is 1000. The quantitative estimate of drug-likeness (QED) is 0.504. The van der Waals surface area contributed by atoms with Crippen molar-refractivity contribution in [3.63, 3.8) is 0 Å². The van der Waals surface area contributed by atoms with Crippen LogP contribution in [0, 0.1) is 17.0 Å². The van der Waals surface area contributed by atoms with Gasteiger partial charge in [0.05, 0.1) is 4.92 Å². The third-order valence-corrected chi connectivity index (χ3v) is 4.16. The van der Waals surface area contributed by atoms with Crippen molar-refractivity contribution in [2.45, 2.75) is 19.9 Å². The Kier molecular flexibility index (Phi) is 5.44. The number of nitrogens with one attached hydrogen (secondary N) is 1. The van der Waals surface area contributed by atoms with Crippen LogP contribution >= 0.6 is 0 Å². The van der Waals surface area contributed by atoms with Gasteiger partial charge in [0.2, 0.25) is 11.6 Å². The minimum Gasteiger partial charge on any atom is -0.324 e. The summed E-state index contributed by atoms with van der Waals surface area (Å²) < 4.78 is 26.8. The third-order valence-electron chi connectivity index (χ3n) is 4.16. The number of carbonyl (C=O) groups excluding carboxylic acids is 1. The second kappa shape index (κ2) is 7.95. The van der Waals surface area contributed by atoms with Crippen LogP contribution in [0.5, 0.6) is 0 Å². The predicted octanol–water partition coefficient (Wildman–Crippen LogP) is 4.34. The average Bonchev–Trinajstić information content (AvgIpc) is 3.00. The van der Waals surface area contributed by atoms with Crippen LogP contribution in [0.2, 0.25) is 0 Å². The van der Waals surface area contributed by atoms with E-state index in [9.17, 15) is 23.7 Å². The summed E-state index contributed by atoms with van der Waals surface area (Å²) in [6, 6.07) is 16.8. The van der Waals surface area contributed by atoms with Gasteiger partial charge in [-0.15, -0.1) is 0 Å². The number of hydrogen-bond donors (Lipinski definition) is 1. The molecule has 3 rings (SSSR count). The van der Waals surface area contributed by atoms with Crippen molar-refractivity contribution in [1.82, 2.24) is 9.78 Å². The van der Waals surface area contributed by atoms with E-state index in [1.54, 1.807) is 12.1 Å². The highest BCUT2D eigenvalue weighted by Crippen LogP contribution is 2.30. The zero-order valence-corrected chi connectivity index (χ0v) is 14.8. The van der Waals surface area contributed by atoms with E-state index >= 15 is 0 Å². The fourth-order valence-corrected chi connectivity index (χ4v) is 2.80. The summed E-state index contributed by atoms with van der Waals surface area (Å²) >= 11 is 0. The van der Waals surface area contributed by atoms with Crippen LogP contribution in [-0.2, 0) is 11.3 Å². The van der Waals surface area contributed by atoms with Crippen LogP contribution in [0.15, 0.2) is 54.6 Å². The zero-order chi connectivity index (χ0) is 20.3. The van der Waals surface area contributed by atoms with Crippen molar-refractivity contribution < 1.29 is 18.5 Å². The second-order valence-electron chi connectivity index (χ2n) is 6.03. The molecule has 0 unspecified atom stereocenters. The van der Waals surface area contributed by atoms with Crippen molar-refractivity contribution in [2.24, 2.45) is 0 Å². The largest absolute Gasteiger partial charge is 0.324 e. The molecule has 2 aromatic carbocycles. The minimum atomic E-state index is -3.10. The Morgan fingerprint density at radius 2 is 1.75 bits per heavy atom. The lowest BCUT2D eigenvalue weighted by molar-refractivity contribution is -0.386. The normalized spacial score (nSPS) is 10.9. The van der Waals surface area contributed by atoms with Gasteiger partial charge in [-0.1, -0.05) is 42.5 Å². The maximum absolute atomic E-state index is 13.0. The summed E-state index contributed by atoms with van der Waals surface area (Å²) in [6.07, 6.45) is -3.10. The molecule has 144 valence electrons. The lowest BCUT2D eigenvalue weighted by Gasteiger charge is -2.08. The SMILES string of the molecule is Cc1c([N+](=O)[O-])c(C(F)F)nn1CC(=O)Nc1ccc(-c2ccccc2)cc1. The molecule has 1 amide bonds. The Morgan fingerprint density at radius 1 is 1.14 bits per heavy atom. The molecular formula is C19H16F2N4O3. The van der Waals surface area contributed by atoms with Gasteiger partial charge in [-0.05, 0) is 30.2 Å². The molecule has 0 fully saturated rings. The van der Waals surface area contributed by atoms with Crippen molar-refractivity contribution >= 4 is 17.3 Å². The highest BCUT2D eigenvalue weighted by atomic mass is 19.3. The van der Waals surface area contributed by atoms with Crippen molar-refractivity contribution in [1.29, 1.82) is 0 Å². The molecule has 0 saturated carbocycles. The summed E-state index contributed by atoms with van der Waals surface area (Å²) in [5.74, 6) is -0.534. The number of nitro groups is 1. The lowest BCUT2D eigenvalue weighted by Crippen LogP contribution is -2.20. The van der Waals surface area contributed by atoms with E-state index in [4.69, 9.17) is 0 Å². The standard InChI is InChI=1S/C19H16F2N4O3/c1-12-18(25(27)28)17(19(20)21)23-24(12)11-16(26)22-15-9-7-14(8-10-15)13-5-3-2-4-6-13/h2-10,19H,11H2,1H3,(H,22,26). The second-order valence-corrected chi connectivity index (χ2v) is 6.03. The smallest absolute Gasteiger partial charge is 0.319 e. The number of nitrogens with zero attached hydrogens (tertiary/aromatic N) is 3. The maximum Gasteiger partial charge on any atom is 0.319 e. The molecule has 3 aromatic rings. The Labute approximate surface area is 158 Å². The highest BCUT2D eigenvalue weighted by molar-refractivity contribution is 5.90. The first-order valence-corrected chi connectivity index (χ1v) is 8.32. The van der Waals surface area contributed by atoms with E-state index in [1.165, 1.54) is 6.92 Å². The van der Waals surface area contributed by atoms with Crippen molar-refractivity contribution in [3.05, 3.63) is 76.1 Å². The number of halogens is 2. The number of anilines is 1. The van der Waals surface area contributed by atoms with Gasteiger partial charge in [0, 0.05) is 5.69 Å². The lowest BCUT2D eigenvalue weighted by atomic mass is 10.1. The third kappa shape index (κ3) is 4.03. The number of aromatic nitrogens is 2. The monoisotopic (exact) mass is 386 g/mol. The molecule has 0 saturated heterocycles. The Hall–Kier alpha value is -3.62. The van der Waals surface area contributed by atoms with Gasteiger partial charge in [-0.25, -0.2) is 8.78 Å². The summed E-state index contributed by atoms with van der Waals surface area (Å²) in [7, 11) is 0. The fourth-order valence-electron chi connectivity index (χ4n) is 2.80. The molecule has 1 heterocycles.